The number of carbonyl (C=O) groups excluding carboxylic acids is 2. The van der Waals surface area contributed by atoms with Crippen LogP contribution in [0.3, 0.4) is 0 Å². The van der Waals surface area contributed by atoms with Gasteiger partial charge < -0.3 is 19.5 Å². The molecule has 0 bridgehead atoms. The fourth-order valence-corrected chi connectivity index (χ4v) is 3.90. The molecule has 4 rings (SSSR count). The molecule has 0 atom stereocenters. The topological polar surface area (TPSA) is 86.8 Å². The lowest BCUT2D eigenvalue weighted by atomic mass is 10.2. The van der Waals surface area contributed by atoms with E-state index in [-0.39, 0.29) is 5.82 Å². The van der Waals surface area contributed by atoms with Crippen LogP contribution in [0.25, 0.3) is 10.6 Å². The Morgan fingerprint density at radius 1 is 1.13 bits per heavy atom. The largest absolute Gasteiger partial charge is 0.490 e. The van der Waals surface area contributed by atoms with E-state index in [1.807, 2.05) is 0 Å². The molecule has 0 saturated carbocycles. The predicted octanol–water partition coefficient (Wildman–Crippen LogP) is 4.21. The summed E-state index contributed by atoms with van der Waals surface area (Å²) in [6.07, 6.45) is 0.784. The van der Waals surface area contributed by atoms with Crippen LogP contribution >= 0.6 is 11.3 Å². The van der Waals surface area contributed by atoms with E-state index in [4.69, 9.17) is 14.2 Å². The monoisotopic (exact) mass is 442 g/mol. The lowest BCUT2D eigenvalue weighted by Gasteiger charge is -2.10. The van der Waals surface area contributed by atoms with Crippen molar-refractivity contribution < 1.29 is 28.2 Å². The van der Waals surface area contributed by atoms with Crippen molar-refractivity contribution in [2.45, 2.75) is 13.3 Å². The fraction of sp³-hybridized carbons (Fsp3) is 0.227. The Balaban J connectivity index is 1.36. The second-order valence-electron chi connectivity index (χ2n) is 6.78. The number of amides is 1. The van der Waals surface area contributed by atoms with Crippen LogP contribution in [0.2, 0.25) is 0 Å². The summed E-state index contributed by atoms with van der Waals surface area (Å²) in [7, 11) is 0. The highest BCUT2D eigenvalue weighted by molar-refractivity contribution is 7.17. The maximum atomic E-state index is 13.1. The maximum absolute atomic E-state index is 13.1. The maximum Gasteiger partial charge on any atom is 0.350 e. The lowest BCUT2D eigenvalue weighted by molar-refractivity contribution is -0.119. The minimum absolute atomic E-state index is 0.294. The average Bonchev–Trinajstić information content (AvgIpc) is 2.99. The number of rotatable bonds is 5. The fourth-order valence-electron chi connectivity index (χ4n) is 2.94. The Labute approximate surface area is 181 Å². The van der Waals surface area contributed by atoms with Gasteiger partial charge in [0.25, 0.3) is 5.91 Å². The normalized spacial score (nSPS) is 12.7. The first kappa shape index (κ1) is 20.8. The Morgan fingerprint density at radius 2 is 1.87 bits per heavy atom. The van der Waals surface area contributed by atoms with Crippen LogP contribution in [-0.4, -0.2) is 36.7 Å². The highest BCUT2D eigenvalue weighted by Crippen LogP contribution is 2.32. The molecular weight excluding hydrogens is 423 g/mol. The molecule has 1 amide bonds. The number of esters is 1. The molecule has 1 aromatic heterocycles. The van der Waals surface area contributed by atoms with Crippen LogP contribution in [0, 0.1) is 12.7 Å². The number of fused-ring (bicyclic) bond motifs is 1. The number of carbonyl (C=O) groups is 2. The summed E-state index contributed by atoms with van der Waals surface area (Å²) >= 11 is 1.13. The van der Waals surface area contributed by atoms with Gasteiger partial charge in [-0.3, -0.25) is 4.79 Å². The molecule has 0 fully saturated rings. The van der Waals surface area contributed by atoms with E-state index < -0.39 is 18.5 Å². The molecule has 2 aromatic carbocycles. The summed E-state index contributed by atoms with van der Waals surface area (Å²) in [6, 6.07) is 10.9. The molecule has 7 nitrogen and oxygen atoms in total. The van der Waals surface area contributed by atoms with Crippen molar-refractivity contribution in [3.63, 3.8) is 0 Å². The summed E-state index contributed by atoms with van der Waals surface area (Å²) in [5.41, 5.74) is 1.69. The van der Waals surface area contributed by atoms with Crippen molar-refractivity contribution >= 4 is 28.9 Å². The number of aromatic nitrogens is 1. The van der Waals surface area contributed by atoms with E-state index in [1.165, 1.54) is 12.1 Å². The number of halogens is 1. The SMILES string of the molecule is Cc1nc(-c2ccc(F)cc2)sc1C(=O)OCC(=O)Nc1ccc2c(c1)OCCCO2. The van der Waals surface area contributed by atoms with E-state index in [2.05, 4.69) is 10.3 Å². The van der Waals surface area contributed by atoms with Gasteiger partial charge in [0.2, 0.25) is 0 Å². The first-order valence-corrected chi connectivity index (χ1v) is 10.4. The third-order valence-electron chi connectivity index (χ3n) is 4.44. The summed E-state index contributed by atoms with van der Waals surface area (Å²) in [6.45, 7) is 2.35. The minimum Gasteiger partial charge on any atom is -0.490 e. The van der Waals surface area contributed by atoms with Crippen LogP contribution in [0.4, 0.5) is 10.1 Å². The third-order valence-corrected chi connectivity index (χ3v) is 5.63. The summed E-state index contributed by atoms with van der Waals surface area (Å²) in [4.78, 5) is 29.3. The van der Waals surface area contributed by atoms with Gasteiger partial charge in [-0.05, 0) is 43.3 Å². The summed E-state index contributed by atoms with van der Waals surface area (Å²) < 4.78 is 29.4. The molecule has 31 heavy (non-hydrogen) atoms. The standard InChI is InChI=1S/C22H19FN2O5S/c1-13-20(31-21(24-13)14-3-5-15(23)6-4-14)22(27)30-12-19(26)25-16-7-8-17-18(11-16)29-10-2-9-28-17/h3-8,11H,2,9-10,12H2,1H3,(H,25,26). The van der Waals surface area contributed by atoms with Crippen LogP contribution in [0.15, 0.2) is 42.5 Å². The van der Waals surface area contributed by atoms with Crippen LogP contribution in [-0.2, 0) is 9.53 Å². The number of nitrogens with zero attached hydrogens (tertiary/aromatic N) is 1. The summed E-state index contributed by atoms with van der Waals surface area (Å²) in [5, 5.41) is 3.24. The van der Waals surface area contributed by atoms with Gasteiger partial charge >= 0.3 is 5.97 Å². The van der Waals surface area contributed by atoms with Gasteiger partial charge in [-0.2, -0.15) is 0 Å². The second kappa shape index (κ2) is 9.13. The highest BCUT2D eigenvalue weighted by Gasteiger charge is 2.19. The Morgan fingerprint density at radius 3 is 2.65 bits per heavy atom. The molecule has 1 aliphatic heterocycles. The third kappa shape index (κ3) is 5.00. The quantitative estimate of drug-likeness (QED) is 0.596. The molecule has 1 N–H and O–H groups in total. The first-order valence-electron chi connectivity index (χ1n) is 9.59. The van der Waals surface area contributed by atoms with E-state index in [0.717, 1.165) is 17.8 Å². The molecule has 160 valence electrons. The van der Waals surface area contributed by atoms with Gasteiger partial charge in [0.15, 0.2) is 18.1 Å². The smallest absolute Gasteiger partial charge is 0.350 e. The number of hydrogen-bond acceptors (Lipinski definition) is 7. The van der Waals surface area contributed by atoms with E-state index in [9.17, 15) is 14.0 Å². The molecule has 0 spiro atoms. The molecule has 0 unspecified atom stereocenters. The van der Waals surface area contributed by atoms with Crippen molar-refractivity contribution in [1.29, 1.82) is 0 Å². The van der Waals surface area contributed by atoms with Crippen molar-refractivity contribution in [3.8, 4) is 22.1 Å². The van der Waals surface area contributed by atoms with E-state index in [0.29, 0.717) is 51.5 Å². The Kier molecular flexibility index (Phi) is 6.13. The first-order chi connectivity index (χ1) is 15.0. The lowest BCUT2D eigenvalue weighted by Crippen LogP contribution is -2.20. The van der Waals surface area contributed by atoms with Gasteiger partial charge in [-0.15, -0.1) is 11.3 Å². The van der Waals surface area contributed by atoms with Gasteiger partial charge in [-0.25, -0.2) is 14.2 Å². The Bertz CT molecular complexity index is 1110. The van der Waals surface area contributed by atoms with Crippen LogP contribution in [0.1, 0.15) is 21.8 Å². The molecule has 1 aliphatic rings. The molecule has 0 aliphatic carbocycles. The van der Waals surface area contributed by atoms with Gasteiger partial charge in [-0.1, -0.05) is 0 Å². The van der Waals surface area contributed by atoms with Gasteiger partial charge in [0.05, 0.1) is 18.9 Å². The molecule has 0 radical (unpaired) electrons. The van der Waals surface area contributed by atoms with Crippen molar-refractivity contribution in [1.82, 2.24) is 4.98 Å². The number of thiazole rings is 1. The predicted molar refractivity (Wildman–Crippen MR) is 113 cm³/mol. The zero-order chi connectivity index (χ0) is 21.8. The van der Waals surface area contributed by atoms with Crippen LogP contribution in [0.5, 0.6) is 11.5 Å². The number of hydrogen-bond donors (Lipinski definition) is 1. The Hall–Kier alpha value is -3.46. The molecule has 0 saturated heterocycles. The number of nitrogens with one attached hydrogen (secondary N) is 1. The highest BCUT2D eigenvalue weighted by atomic mass is 32.1. The number of ether oxygens (including phenoxy) is 3. The zero-order valence-electron chi connectivity index (χ0n) is 16.6. The van der Waals surface area contributed by atoms with E-state index >= 15 is 0 Å². The molecule has 9 heteroatoms. The number of aryl methyl sites for hydroxylation is 1. The zero-order valence-corrected chi connectivity index (χ0v) is 17.5. The van der Waals surface area contributed by atoms with Crippen molar-refractivity contribution in [2.75, 3.05) is 25.1 Å². The second-order valence-corrected chi connectivity index (χ2v) is 7.78. The van der Waals surface area contributed by atoms with Crippen LogP contribution < -0.4 is 14.8 Å². The number of benzene rings is 2. The summed E-state index contributed by atoms with van der Waals surface area (Å²) in [5.74, 6) is -0.294. The number of anilines is 1. The minimum atomic E-state index is -0.642. The van der Waals surface area contributed by atoms with Crippen molar-refractivity contribution in [2.24, 2.45) is 0 Å². The molecule has 2 heterocycles. The van der Waals surface area contributed by atoms with Gasteiger partial charge in [0, 0.05) is 23.7 Å². The average molecular weight is 442 g/mol. The van der Waals surface area contributed by atoms with E-state index in [1.54, 1.807) is 37.3 Å². The molecule has 3 aromatic rings. The molecular formula is C22H19FN2O5S. The van der Waals surface area contributed by atoms with Gasteiger partial charge in [0.1, 0.15) is 15.7 Å². The van der Waals surface area contributed by atoms with Crippen molar-refractivity contribution in [3.05, 3.63) is 58.9 Å².